The van der Waals surface area contributed by atoms with Gasteiger partial charge in [0.2, 0.25) is 11.8 Å². The Hall–Kier alpha value is -3.27. The molecule has 0 spiro atoms. The van der Waals surface area contributed by atoms with Crippen LogP contribution >= 0.6 is 0 Å². The second kappa shape index (κ2) is 13.4. The van der Waals surface area contributed by atoms with Crippen LogP contribution in [0.2, 0.25) is 0 Å². The highest BCUT2D eigenvalue weighted by molar-refractivity contribution is 5.92. The van der Waals surface area contributed by atoms with Gasteiger partial charge in [0.05, 0.1) is 12.4 Å². The number of nitrogens with one attached hydrogen (secondary N) is 2. The summed E-state index contributed by atoms with van der Waals surface area (Å²) >= 11 is 0. The van der Waals surface area contributed by atoms with Crippen LogP contribution < -0.4 is 10.6 Å². The number of hydrogen-bond donors (Lipinski definition) is 2. The van der Waals surface area contributed by atoms with Crippen LogP contribution in [0, 0.1) is 11.2 Å². The number of halogens is 1. The Kier molecular flexibility index (Phi) is 10.5. The number of imidazole rings is 1. The van der Waals surface area contributed by atoms with Gasteiger partial charge in [-0.2, -0.15) is 0 Å². The Morgan fingerprint density at radius 3 is 2.40 bits per heavy atom. The van der Waals surface area contributed by atoms with Gasteiger partial charge in [-0.05, 0) is 70.2 Å². The van der Waals surface area contributed by atoms with Gasteiger partial charge in [0.25, 0.3) is 5.91 Å². The topological polar surface area (TPSA) is 99.6 Å². The zero-order valence-corrected chi connectivity index (χ0v) is 24.9. The first-order valence-electron chi connectivity index (χ1n) is 14.2. The van der Waals surface area contributed by atoms with Crippen LogP contribution in [-0.2, 0) is 16.0 Å². The summed E-state index contributed by atoms with van der Waals surface area (Å²) in [5, 5.41) is 5.88. The van der Waals surface area contributed by atoms with Gasteiger partial charge in [-0.1, -0.05) is 32.9 Å². The number of aromatic nitrogens is 2. The third-order valence-corrected chi connectivity index (χ3v) is 7.60. The van der Waals surface area contributed by atoms with Crippen LogP contribution in [-0.4, -0.2) is 81.9 Å². The van der Waals surface area contributed by atoms with E-state index in [0.29, 0.717) is 31.7 Å². The monoisotopic (exact) mass is 556 g/mol. The van der Waals surface area contributed by atoms with Crippen molar-refractivity contribution in [2.75, 3.05) is 26.7 Å². The van der Waals surface area contributed by atoms with E-state index in [-0.39, 0.29) is 35.6 Å². The number of likely N-dealkylation sites (tertiary alicyclic amines) is 1. The van der Waals surface area contributed by atoms with Gasteiger partial charge in [-0.15, -0.1) is 0 Å². The first kappa shape index (κ1) is 31.3. The lowest BCUT2D eigenvalue weighted by molar-refractivity contribution is -0.140. The second-order valence-electron chi connectivity index (χ2n) is 12.1. The van der Waals surface area contributed by atoms with E-state index in [1.807, 2.05) is 44.1 Å². The molecule has 1 aromatic carbocycles. The zero-order chi connectivity index (χ0) is 29.6. The summed E-state index contributed by atoms with van der Waals surface area (Å²) in [6.07, 6.45) is 5.52. The summed E-state index contributed by atoms with van der Waals surface area (Å²) in [5.74, 6) is -0.880. The molecule has 40 heavy (non-hydrogen) atoms. The maximum absolute atomic E-state index is 13.9. The molecule has 1 aliphatic rings. The first-order valence-corrected chi connectivity index (χ1v) is 14.2. The molecule has 0 saturated carbocycles. The van der Waals surface area contributed by atoms with Gasteiger partial charge >= 0.3 is 0 Å². The summed E-state index contributed by atoms with van der Waals surface area (Å²) < 4.78 is 15.3. The lowest BCUT2D eigenvalue weighted by Crippen LogP contribution is -2.59. The maximum Gasteiger partial charge on any atom is 0.274 e. The molecule has 1 aromatic heterocycles. The summed E-state index contributed by atoms with van der Waals surface area (Å²) in [5.41, 5.74) is 0.764. The summed E-state index contributed by atoms with van der Waals surface area (Å²) in [4.78, 5) is 48.2. The Morgan fingerprint density at radius 2 is 1.82 bits per heavy atom. The van der Waals surface area contributed by atoms with Crippen molar-refractivity contribution < 1.29 is 18.8 Å². The number of carbonyl (C=O) groups is 3. The van der Waals surface area contributed by atoms with Gasteiger partial charge < -0.3 is 25.0 Å². The van der Waals surface area contributed by atoms with E-state index in [9.17, 15) is 18.8 Å². The quantitative estimate of drug-likeness (QED) is 0.442. The van der Waals surface area contributed by atoms with Gasteiger partial charge in [0.15, 0.2) is 0 Å². The maximum atomic E-state index is 13.9. The lowest BCUT2D eigenvalue weighted by atomic mass is 9.85. The van der Waals surface area contributed by atoms with Crippen LogP contribution in [0.25, 0.3) is 0 Å². The molecule has 0 aliphatic carbocycles. The van der Waals surface area contributed by atoms with Gasteiger partial charge in [0, 0.05) is 37.9 Å². The molecule has 1 fully saturated rings. The molecule has 2 aromatic rings. The molecule has 3 amide bonds. The van der Waals surface area contributed by atoms with E-state index in [2.05, 4.69) is 15.6 Å². The highest BCUT2D eigenvalue weighted by Crippen LogP contribution is 2.27. The highest BCUT2D eigenvalue weighted by Gasteiger charge is 2.41. The highest BCUT2D eigenvalue weighted by atomic mass is 19.1. The third-order valence-electron chi connectivity index (χ3n) is 7.60. The van der Waals surface area contributed by atoms with Gasteiger partial charge in [-0.25, -0.2) is 9.37 Å². The van der Waals surface area contributed by atoms with Crippen LogP contribution in [0.5, 0.6) is 0 Å². The van der Waals surface area contributed by atoms with Crippen molar-refractivity contribution in [3.05, 3.63) is 53.9 Å². The van der Waals surface area contributed by atoms with Crippen molar-refractivity contribution in [1.29, 1.82) is 0 Å². The van der Waals surface area contributed by atoms with Gasteiger partial charge in [-0.3, -0.25) is 14.4 Å². The number of nitrogens with zero attached hydrogens (tertiary/aromatic N) is 4. The van der Waals surface area contributed by atoms with Crippen LogP contribution in [0.1, 0.15) is 76.5 Å². The summed E-state index contributed by atoms with van der Waals surface area (Å²) in [7, 11) is 1.70. The molecule has 0 bridgehead atoms. The van der Waals surface area contributed by atoms with Crippen molar-refractivity contribution >= 4 is 17.7 Å². The Bertz CT molecular complexity index is 1160. The minimum Gasteiger partial charge on any atom is -0.342 e. The molecule has 220 valence electrons. The third kappa shape index (κ3) is 7.90. The molecule has 2 N–H and O–H groups in total. The molecule has 0 unspecified atom stereocenters. The zero-order valence-electron chi connectivity index (χ0n) is 24.9. The van der Waals surface area contributed by atoms with E-state index >= 15 is 0 Å². The molecule has 1 aliphatic heterocycles. The molecule has 9 nitrogen and oxygen atoms in total. The number of likely N-dealkylation sites (N-methyl/N-ethyl adjacent to an activating group) is 1. The van der Waals surface area contributed by atoms with E-state index in [1.165, 1.54) is 12.1 Å². The second-order valence-corrected chi connectivity index (χ2v) is 12.1. The molecule has 1 saturated heterocycles. The van der Waals surface area contributed by atoms with E-state index in [0.717, 1.165) is 18.4 Å². The Labute approximate surface area is 237 Å². The number of carbonyl (C=O) groups excluding carboxylic acids is 3. The first-order chi connectivity index (χ1) is 18.8. The van der Waals surface area contributed by atoms with Crippen LogP contribution in [0.3, 0.4) is 0 Å². The molecular weight excluding hydrogens is 511 g/mol. The Balaban J connectivity index is 1.83. The number of benzene rings is 1. The standard InChI is InChI=1S/C30H45FN6O3/c1-20(2)36-18-25(33-19-36)28(39)35(16-14-22-10-12-23(31)13-11-22)17-24-9-8-15-37(24)29(40)26(30(4,5)6)34-27(38)21(3)32-7/h10-13,18-21,24,26,32H,8-9,14-17H2,1-7H3,(H,34,38)/t21-,24-,26+/m0/s1. The molecule has 0 radical (unpaired) electrons. The predicted molar refractivity (Wildman–Crippen MR) is 153 cm³/mol. The SMILES string of the molecule is CN[C@@H](C)C(=O)N[C@H](C(=O)N1CCC[C@H]1CN(CCc1ccc(F)cc1)C(=O)c1cn(C(C)C)cn1)C(C)(C)C. The summed E-state index contributed by atoms with van der Waals surface area (Å²) in [6, 6.07) is 5.11. The van der Waals surface area contributed by atoms with Crippen molar-refractivity contribution in [2.24, 2.45) is 5.41 Å². The molecule has 3 rings (SSSR count). The normalized spacial score (nSPS) is 17.1. The predicted octanol–water partition coefficient (Wildman–Crippen LogP) is 3.42. The minimum atomic E-state index is -0.707. The summed E-state index contributed by atoms with van der Waals surface area (Å²) in [6.45, 7) is 12.9. The number of rotatable bonds is 11. The average molecular weight is 557 g/mol. The number of hydrogen-bond acceptors (Lipinski definition) is 5. The molecule has 2 heterocycles. The molecule has 3 atom stereocenters. The van der Waals surface area contributed by atoms with Crippen LogP contribution in [0.15, 0.2) is 36.8 Å². The largest absolute Gasteiger partial charge is 0.342 e. The van der Waals surface area contributed by atoms with Crippen LogP contribution in [0.4, 0.5) is 4.39 Å². The van der Waals surface area contributed by atoms with E-state index in [4.69, 9.17) is 0 Å². The fourth-order valence-electron chi connectivity index (χ4n) is 4.87. The minimum absolute atomic E-state index is 0.137. The van der Waals surface area contributed by atoms with Crippen molar-refractivity contribution in [3.63, 3.8) is 0 Å². The smallest absolute Gasteiger partial charge is 0.274 e. The average Bonchev–Trinajstić information content (AvgIpc) is 3.59. The fraction of sp³-hybridized carbons (Fsp3) is 0.600. The Morgan fingerprint density at radius 1 is 1.15 bits per heavy atom. The van der Waals surface area contributed by atoms with Crippen molar-refractivity contribution in [3.8, 4) is 0 Å². The van der Waals surface area contributed by atoms with Crippen molar-refractivity contribution in [1.82, 2.24) is 30.0 Å². The molecular formula is C30H45FN6O3. The van der Waals surface area contributed by atoms with E-state index in [1.54, 1.807) is 43.5 Å². The van der Waals surface area contributed by atoms with Crippen molar-refractivity contribution in [2.45, 2.75) is 85.0 Å². The fourth-order valence-corrected chi connectivity index (χ4v) is 4.87. The molecule has 10 heteroatoms. The van der Waals surface area contributed by atoms with Gasteiger partial charge in [0.1, 0.15) is 17.6 Å². The van der Waals surface area contributed by atoms with E-state index < -0.39 is 17.5 Å². The lowest BCUT2D eigenvalue weighted by Gasteiger charge is -2.37. The number of amides is 3.